The van der Waals surface area contributed by atoms with Crippen LogP contribution < -0.4 is 5.32 Å². The van der Waals surface area contributed by atoms with Crippen molar-refractivity contribution in [3.63, 3.8) is 0 Å². The van der Waals surface area contributed by atoms with Crippen LogP contribution >= 0.6 is 0 Å². The van der Waals surface area contributed by atoms with Crippen molar-refractivity contribution in [1.29, 1.82) is 0 Å². The highest BCUT2D eigenvalue weighted by Crippen LogP contribution is 2.17. The highest BCUT2D eigenvalue weighted by molar-refractivity contribution is 5.74. The maximum Gasteiger partial charge on any atom is 0.318 e. The maximum atomic E-state index is 11.8. The summed E-state index contributed by atoms with van der Waals surface area (Å²) in [6.07, 6.45) is 8.88. The average molecular weight is 282 g/mol. The molecule has 114 valence electrons. The molecule has 0 aliphatic rings. The molecule has 5 heteroatoms. The van der Waals surface area contributed by atoms with E-state index < -0.39 is 5.97 Å². The molecule has 0 aromatic rings. The number of nitrogens with one attached hydrogen (secondary N) is 1. The second-order valence-corrected chi connectivity index (χ2v) is 4.83. The number of carboxylic acid groups (broad SMARTS) is 1. The maximum absolute atomic E-state index is 11.8. The van der Waals surface area contributed by atoms with Gasteiger partial charge in [0.2, 0.25) is 0 Å². The molecule has 0 saturated carbocycles. The Morgan fingerprint density at radius 3 is 2.50 bits per heavy atom. The summed E-state index contributed by atoms with van der Waals surface area (Å²) in [5, 5.41) is 11.6. The Balaban J connectivity index is 4.06. The predicted molar refractivity (Wildman–Crippen MR) is 79.4 cm³/mol. The smallest absolute Gasteiger partial charge is 0.318 e. The van der Waals surface area contributed by atoms with Gasteiger partial charge in [0.25, 0.3) is 0 Å². The van der Waals surface area contributed by atoms with E-state index in [0.29, 0.717) is 32.0 Å². The Bertz CT molecular complexity index is 337. The van der Waals surface area contributed by atoms with Crippen molar-refractivity contribution in [2.75, 3.05) is 19.6 Å². The molecule has 0 radical (unpaired) electrons. The largest absolute Gasteiger partial charge is 0.481 e. The summed E-state index contributed by atoms with van der Waals surface area (Å²) >= 11 is 0. The lowest BCUT2D eigenvalue weighted by Gasteiger charge is -2.20. The van der Waals surface area contributed by atoms with Gasteiger partial charge in [-0.1, -0.05) is 25.7 Å². The van der Waals surface area contributed by atoms with Gasteiger partial charge in [-0.2, -0.15) is 0 Å². The molecule has 0 spiro atoms. The van der Waals surface area contributed by atoms with E-state index in [1.807, 2.05) is 6.92 Å². The fourth-order valence-electron chi connectivity index (χ4n) is 2.10. The summed E-state index contributed by atoms with van der Waals surface area (Å²) in [7, 11) is 0. The minimum Gasteiger partial charge on any atom is -0.481 e. The number of carbonyl (C=O) groups is 2. The Morgan fingerprint density at radius 1 is 1.30 bits per heavy atom. The molecule has 0 fully saturated rings. The zero-order valence-electron chi connectivity index (χ0n) is 12.5. The normalized spacial score (nSPS) is 11.4. The van der Waals surface area contributed by atoms with Gasteiger partial charge in [0.15, 0.2) is 0 Å². The first-order valence-corrected chi connectivity index (χ1v) is 7.23. The van der Waals surface area contributed by atoms with Crippen LogP contribution in [0.15, 0.2) is 0 Å². The summed E-state index contributed by atoms with van der Waals surface area (Å²) in [5.41, 5.74) is 0. The van der Waals surface area contributed by atoms with Crippen molar-refractivity contribution >= 4 is 12.0 Å². The van der Waals surface area contributed by atoms with Crippen molar-refractivity contribution in [1.82, 2.24) is 10.2 Å². The van der Waals surface area contributed by atoms with E-state index in [9.17, 15) is 9.59 Å². The zero-order chi connectivity index (χ0) is 15.4. The van der Waals surface area contributed by atoms with Gasteiger partial charge in [0.1, 0.15) is 0 Å². The number of carbonyl (C=O) groups excluding carboxylic acids is 1. The molecule has 0 rings (SSSR count). The minimum absolute atomic E-state index is 0.154. The van der Waals surface area contributed by atoms with Crippen LogP contribution in [-0.4, -0.2) is 41.6 Å². The fraction of sp³-hybridized carbons (Fsp3) is 0.733. The Morgan fingerprint density at radius 2 is 2.00 bits per heavy atom. The lowest BCUT2D eigenvalue weighted by molar-refractivity contribution is -0.137. The van der Waals surface area contributed by atoms with Gasteiger partial charge in [-0.3, -0.25) is 4.79 Å². The molecule has 0 aromatic carbocycles. The van der Waals surface area contributed by atoms with Crippen LogP contribution in [0.25, 0.3) is 0 Å². The minimum atomic E-state index is -0.763. The predicted octanol–water partition coefficient (Wildman–Crippen LogP) is 2.32. The number of carboxylic acids is 1. The Hall–Kier alpha value is -1.70. The van der Waals surface area contributed by atoms with Gasteiger partial charge in [-0.15, -0.1) is 6.42 Å². The highest BCUT2D eigenvalue weighted by atomic mass is 16.4. The van der Waals surface area contributed by atoms with Gasteiger partial charge >= 0.3 is 12.0 Å². The van der Waals surface area contributed by atoms with Crippen LogP contribution in [0.5, 0.6) is 0 Å². The van der Waals surface area contributed by atoms with E-state index in [-0.39, 0.29) is 12.5 Å². The number of hydrogen-bond donors (Lipinski definition) is 2. The number of hydrogen-bond acceptors (Lipinski definition) is 2. The molecular weight excluding hydrogens is 256 g/mol. The number of terminal acetylenes is 1. The third-order valence-electron chi connectivity index (χ3n) is 3.24. The molecule has 0 saturated heterocycles. The van der Waals surface area contributed by atoms with Gasteiger partial charge in [-0.25, -0.2) is 4.79 Å². The average Bonchev–Trinajstić information content (AvgIpc) is 2.41. The standard InChI is InChI=1S/C15H26N2O3/c1-4-7-13(8-9-14(18)19)10-11-16-15(20)17(6-3)12-5-2/h2,13H,4,6-12H2,1,3H3,(H,16,20)(H,18,19). The second kappa shape index (κ2) is 11.2. The van der Waals surface area contributed by atoms with Crippen molar-refractivity contribution in [3.05, 3.63) is 0 Å². The highest BCUT2D eigenvalue weighted by Gasteiger charge is 2.13. The number of amides is 2. The molecular formula is C15H26N2O3. The molecule has 1 atom stereocenters. The summed E-state index contributed by atoms with van der Waals surface area (Å²) in [6.45, 7) is 5.40. The summed E-state index contributed by atoms with van der Waals surface area (Å²) in [5.74, 6) is 2.04. The molecule has 0 aliphatic carbocycles. The molecule has 1 unspecified atom stereocenters. The third kappa shape index (κ3) is 8.41. The third-order valence-corrected chi connectivity index (χ3v) is 3.24. The first kappa shape index (κ1) is 18.3. The first-order chi connectivity index (χ1) is 9.54. The van der Waals surface area contributed by atoms with Gasteiger partial charge in [-0.05, 0) is 25.7 Å². The molecule has 0 heterocycles. The molecule has 0 aromatic heterocycles. The van der Waals surface area contributed by atoms with Crippen LogP contribution in [0.2, 0.25) is 0 Å². The van der Waals surface area contributed by atoms with Crippen molar-refractivity contribution in [2.24, 2.45) is 5.92 Å². The van der Waals surface area contributed by atoms with E-state index in [1.165, 1.54) is 0 Å². The molecule has 2 amide bonds. The van der Waals surface area contributed by atoms with Crippen LogP contribution in [0.1, 0.15) is 46.0 Å². The number of aliphatic carboxylic acids is 1. The van der Waals surface area contributed by atoms with Gasteiger partial charge < -0.3 is 15.3 Å². The fourth-order valence-corrected chi connectivity index (χ4v) is 2.10. The van der Waals surface area contributed by atoms with Crippen molar-refractivity contribution in [2.45, 2.75) is 46.0 Å². The SMILES string of the molecule is C#CCN(CC)C(=O)NCCC(CCC)CCC(=O)O. The molecule has 5 nitrogen and oxygen atoms in total. The Kier molecular flexibility index (Phi) is 10.2. The van der Waals surface area contributed by atoms with E-state index in [0.717, 1.165) is 19.3 Å². The molecule has 0 bridgehead atoms. The summed E-state index contributed by atoms with van der Waals surface area (Å²) in [4.78, 5) is 24.0. The number of nitrogens with zero attached hydrogens (tertiary/aromatic N) is 1. The monoisotopic (exact) mass is 282 g/mol. The quantitative estimate of drug-likeness (QED) is 0.604. The summed E-state index contributed by atoms with van der Waals surface area (Å²) < 4.78 is 0. The zero-order valence-corrected chi connectivity index (χ0v) is 12.5. The second-order valence-electron chi connectivity index (χ2n) is 4.83. The lowest BCUT2D eigenvalue weighted by atomic mass is 9.94. The van der Waals surface area contributed by atoms with Crippen LogP contribution in [-0.2, 0) is 4.79 Å². The van der Waals surface area contributed by atoms with Gasteiger partial charge in [0.05, 0.1) is 6.54 Å². The Labute approximate surface area is 121 Å². The molecule has 20 heavy (non-hydrogen) atoms. The molecule has 2 N–H and O–H groups in total. The number of rotatable bonds is 10. The number of urea groups is 1. The van der Waals surface area contributed by atoms with Gasteiger partial charge in [0, 0.05) is 19.5 Å². The summed E-state index contributed by atoms with van der Waals surface area (Å²) in [6, 6.07) is -0.154. The van der Waals surface area contributed by atoms with Crippen LogP contribution in [0.3, 0.4) is 0 Å². The van der Waals surface area contributed by atoms with E-state index in [2.05, 4.69) is 18.2 Å². The van der Waals surface area contributed by atoms with Crippen molar-refractivity contribution in [3.8, 4) is 12.3 Å². The molecule has 0 aliphatic heterocycles. The topological polar surface area (TPSA) is 69.6 Å². The van der Waals surface area contributed by atoms with E-state index in [1.54, 1.807) is 4.90 Å². The van der Waals surface area contributed by atoms with E-state index >= 15 is 0 Å². The lowest BCUT2D eigenvalue weighted by Crippen LogP contribution is -2.40. The van der Waals surface area contributed by atoms with Crippen molar-refractivity contribution < 1.29 is 14.7 Å². The first-order valence-electron chi connectivity index (χ1n) is 7.23. The van der Waals surface area contributed by atoms with Crippen LogP contribution in [0, 0.1) is 18.3 Å². The van der Waals surface area contributed by atoms with E-state index in [4.69, 9.17) is 11.5 Å². The van der Waals surface area contributed by atoms with Crippen LogP contribution in [0.4, 0.5) is 4.79 Å².